The molecule has 1 aromatic heterocycles. The molecule has 0 radical (unpaired) electrons. The van der Waals surface area contributed by atoms with E-state index in [1.165, 1.54) is 34.8 Å². The van der Waals surface area contributed by atoms with E-state index < -0.39 is 21.6 Å². The first-order valence-corrected chi connectivity index (χ1v) is 10.7. The highest BCUT2D eigenvalue weighted by Crippen LogP contribution is 2.24. The van der Waals surface area contributed by atoms with Gasteiger partial charge in [-0.2, -0.15) is 14.1 Å². The van der Waals surface area contributed by atoms with Gasteiger partial charge in [0.2, 0.25) is 15.9 Å². The number of nitrogens with zero attached hydrogens (tertiary/aromatic N) is 3. The summed E-state index contributed by atoms with van der Waals surface area (Å²) in [6.45, 7) is 4.03. The Bertz CT molecular complexity index is 1070. The van der Waals surface area contributed by atoms with Gasteiger partial charge in [-0.25, -0.2) is 8.42 Å². The molecule has 1 fully saturated rings. The van der Waals surface area contributed by atoms with Crippen LogP contribution >= 0.6 is 23.2 Å². The molecule has 1 aliphatic heterocycles. The number of carbonyl (C=O) groups excluding carboxylic acids is 1. The first-order valence-electron chi connectivity index (χ1n) is 8.48. The molecule has 28 heavy (non-hydrogen) atoms. The first kappa shape index (κ1) is 20.8. The minimum atomic E-state index is -3.90. The van der Waals surface area contributed by atoms with Crippen LogP contribution in [0.15, 0.2) is 40.2 Å². The van der Waals surface area contributed by atoms with Crippen molar-refractivity contribution in [2.24, 2.45) is 5.92 Å². The number of halogens is 2. The highest BCUT2D eigenvalue weighted by Gasteiger charge is 2.40. The Balaban J connectivity index is 1.98. The average molecular weight is 445 g/mol. The number of amides is 1. The lowest BCUT2D eigenvalue weighted by Crippen LogP contribution is -2.58. The Morgan fingerprint density at radius 3 is 2.43 bits per heavy atom. The minimum Gasteiger partial charge on any atom is -0.353 e. The number of hydrogen-bond acceptors (Lipinski definition) is 5. The van der Waals surface area contributed by atoms with Crippen molar-refractivity contribution < 1.29 is 13.2 Å². The Hall–Kier alpha value is -1.94. The van der Waals surface area contributed by atoms with Crippen molar-refractivity contribution in [2.75, 3.05) is 13.1 Å². The number of hydrogen-bond donors (Lipinski definition) is 1. The lowest BCUT2D eigenvalue weighted by molar-refractivity contribution is -0.128. The Labute approximate surface area is 172 Å². The van der Waals surface area contributed by atoms with Crippen LogP contribution in [0.2, 0.25) is 10.0 Å². The van der Waals surface area contributed by atoms with E-state index in [2.05, 4.69) is 10.4 Å². The molecule has 1 unspecified atom stereocenters. The first-order chi connectivity index (χ1) is 13.1. The van der Waals surface area contributed by atoms with Crippen molar-refractivity contribution in [1.82, 2.24) is 19.4 Å². The second kappa shape index (κ2) is 7.82. The summed E-state index contributed by atoms with van der Waals surface area (Å²) in [5.74, 6) is -0.499. The molecule has 1 saturated heterocycles. The van der Waals surface area contributed by atoms with Gasteiger partial charge in [0.25, 0.3) is 5.56 Å². The zero-order valence-corrected chi connectivity index (χ0v) is 17.4. The molecule has 1 aromatic carbocycles. The largest absolute Gasteiger partial charge is 0.353 e. The van der Waals surface area contributed by atoms with E-state index >= 15 is 0 Å². The summed E-state index contributed by atoms with van der Waals surface area (Å²) < 4.78 is 28.4. The Kier molecular flexibility index (Phi) is 5.81. The van der Waals surface area contributed by atoms with E-state index in [0.29, 0.717) is 5.69 Å². The fourth-order valence-electron chi connectivity index (χ4n) is 3.06. The highest BCUT2D eigenvalue weighted by atomic mass is 35.5. The van der Waals surface area contributed by atoms with Crippen LogP contribution < -0.4 is 10.9 Å². The van der Waals surface area contributed by atoms with Crippen molar-refractivity contribution in [3.63, 3.8) is 0 Å². The molecule has 1 amide bonds. The average Bonchev–Trinajstić information content (AvgIpc) is 2.66. The van der Waals surface area contributed by atoms with Crippen molar-refractivity contribution in [1.29, 1.82) is 0 Å². The van der Waals surface area contributed by atoms with E-state index in [1.807, 2.05) is 0 Å². The van der Waals surface area contributed by atoms with Crippen molar-refractivity contribution in [2.45, 2.75) is 24.8 Å². The number of benzene rings is 1. The number of sulfonamides is 1. The van der Waals surface area contributed by atoms with E-state index in [0.717, 1.165) is 4.68 Å². The quantitative estimate of drug-likeness (QED) is 0.772. The van der Waals surface area contributed by atoms with Crippen molar-refractivity contribution >= 4 is 39.1 Å². The van der Waals surface area contributed by atoms with Gasteiger partial charge < -0.3 is 5.32 Å². The highest BCUT2D eigenvalue weighted by molar-refractivity contribution is 7.89. The zero-order valence-electron chi connectivity index (χ0n) is 15.1. The van der Waals surface area contributed by atoms with Gasteiger partial charge in [-0.1, -0.05) is 37.0 Å². The van der Waals surface area contributed by atoms with Gasteiger partial charge in [0.05, 0.1) is 21.8 Å². The van der Waals surface area contributed by atoms with Crippen LogP contribution in [0.3, 0.4) is 0 Å². The summed E-state index contributed by atoms with van der Waals surface area (Å²) >= 11 is 11.6. The van der Waals surface area contributed by atoms with Crippen molar-refractivity contribution in [3.05, 3.63) is 50.9 Å². The van der Waals surface area contributed by atoms with E-state index in [-0.39, 0.29) is 39.9 Å². The number of rotatable bonds is 4. The molecule has 1 atom stereocenters. The van der Waals surface area contributed by atoms with Gasteiger partial charge in [-0.05, 0) is 30.2 Å². The number of aromatic nitrogens is 2. The van der Waals surface area contributed by atoms with E-state index in [4.69, 9.17) is 23.2 Å². The standard InChI is InChI=1S/C17H18Cl2N4O4S/c1-10(2)15-16(24)20-7-8-22(15)28(26,27)12-5-3-11(4-6-12)23-17(25)14(19)13(18)9-21-23/h3-6,9-10,15H,7-8H2,1-2H3,(H,20,24). The Morgan fingerprint density at radius 1 is 1.18 bits per heavy atom. The molecule has 1 aliphatic rings. The fourth-order valence-corrected chi connectivity index (χ4v) is 5.03. The molecular formula is C17H18Cl2N4O4S. The van der Waals surface area contributed by atoms with Gasteiger partial charge in [0.1, 0.15) is 11.1 Å². The molecule has 2 aromatic rings. The third kappa shape index (κ3) is 3.67. The van der Waals surface area contributed by atoms with Crippen LogP contribution in [0.5, 0.6) is 0 Å². The van der Waals surface area contributed by atoms with Crippen LogP contribution in [0.4, 0.5) is 0 Å². The molecule has 0 saturated carbocycles. The normalized spacial score (nSPS) is 18.3. The summed E-state index contributed by atoms with van der Waals surface area (Å²) in [4.78, 5) is 24.4. The number of carbonyl (C=O) groups is 1. The summed E-state index contributed by atoms with van der Waals surface area (Å²) in [6.07, 6.45) is 1.23. The second-order valence-electron chi connectivity index (χ2n) is 6.61. The number of nitrogens with one attached hydrogen (secondary N) is 1. The summed E-state index contributed by atoms with van der Waals surface area (Å²) in [7, 11) is -3.90. The van der Waals surface area contributed by atoms with Gasteiger partial charge in [-0.3, -0.25) is 9.59 Å². The predicted octanol–water partition coefficient (Wildman–Crippen LogP) is 1.68. The van der Waals surface area contributed by atoms with E-state index in [9.17, 15) is 18.0 Å². The predicted molar refractivity (Wildman–Crippen MR) is 105 cm³/mol. The maximum Gasteiger partial charge on any atom is 0.291 e. The topological polar surface area (TPSA) is 101 Å². The van der Waals surface area contributed by atoms with Gasteiger partial charge in [-0.15, -0.1) is 0 Å². The third-order valence-corrected chi connectivity index (χ3v) is 7.05. The molecule has 0 spiro atoms. The lowest BCUT2D eigenvalue weighted by atomic mass is 10.0. The molecular weight excluding hydrogens is 427 g/mol. The number of piperazine rings is 1. The SMILES string of the molecule is CC(C)C1C(=O)NCCN1S(=O)(=O)c1ccc(-n2ncc(Cl)c(Cl)c2=O)cc1. The van der Waals surface area contributed by atoms with Crippen LogP contribution in [0.25, 0.3) is 5.69 Å². The summed E-state index contributed by atoms with van der Waals surface area (Å²) in [5, 5.41) is 6.47. The minimum absolute atomic E-state index is 0.0182. The molecule has 2 heterocycles. The molecule has 1 N–H and O–H groups in total. The van der Waals surface area contributed by atoms with Gasteiger partial charge in [0, 0.05) is 13.1 Å². The molecule has 3 rings (SSSR count). The maximum atomic E-state index is 13.1. The van der Waals surface area contributed by atoms with Gasteiger partial charge >= 0.3 is 0 Å². The smallest absolute Gasteiger partial charge is 0.291 e. The van der Waals surface area contributed by atoms with Crippen LogP contribution in [0, 0.1) is 5.92 Å². The maximum absolute atomic E-state index is 13.1. The summed E-state index contributed by atoms with van der Waals surface area (Å²) in [6, 6.07) is 4.84. The van der Waals surface area contributed by atoms with Gasteiger partial charge in [0.15, 0.2) is 0 Å². The Morgan fingerprint density at radius 2 is 1.82 bits per heavy atom. The lowest BCUT2D eigenvalue weighted by Gasteiger charge is -2.36. The van der Waals surface area contributed by atoms with Crippen LogP contribution in [-0.2, 0) is 14.8 Å². The zero-order chi connectivity index (χ0) is 20.6. The van der Waals surface area contributed by atoms with E-state index in [1.54, 1.807) is 13.8 Å². The second-order valence-corrected chi connectivity index (χ2v) is 9.29. The fraction of sp³-hybridized carbons (Fsp3) is 0.353. The monoisotopic (exact) mass is 444 g/mol. The van der Waals surface area contributed by atoms with Crippen molar-refractivity contribution in [3.8, 4) is 5.69 Å². The van der Waals surface area contributed by atoms with Crippen LogP contribution in [0.1, 0.15) is 13.8 Å². The third-order valence-electron chi connectivity index (χ3n) is 4.41. The molecule has 0 aliphatic carbocycles. The summed E-state index contributed by atoms with van der Waals surface area (Å²) in [5.41, 5.74) is -0.281. The van der Waals surface area contributed by atoms with Crippen LogP contribution in [-0.4, -0.2) is 47.5 Å². The molecule has 8 nitrogen and oxygen atoms in total. The molecule has 0 bridgehead atoms. The molecule has 11 heteroatoms. The molecule has 150 valence electrons.